The van der Waals surface area contributed by atoms with E-state index < -0.39 is 53.5 Å². The minimum Gasteiger partial charge on any atom is -0.462 e. The van der Waals surface area contributed by atoms with Gasteiger partial charge in [-0.3, -0.25) is 4.79 Å². The van der Waals surface area contributed by atoms with Crippen molar-refractivity contribution in [2.45, 2.75) is 24.2 Å². The van der Waals surface area contributed by atoms with Gasteiger partial charge in [-0.1, -0.05) is 0 Å². The van der Waals surface area contributed by atoms with Crippen LogP contribution in [0.5, 0.6) is 0 Å². The number of benzene rings is 1. The second-order valence-corrected chi connectivity index (χ2v) is 7.57. The molecule has 2 aliphatic heterocycles. The van der Waals surface area contributed by atoms with E-state index in [1.54, 1.807) is 0 Å². The zero-order chi connectivity index (χ0) is 23.8. The van der Waals surface area contributed by atoms with Crippen molar-refractivity contribution in [1.29, 1.82) is 0 Å². The van der Waals surface area contributed by atoms with Crippen LogP contribution in [0.25, 0.3) is 0 Å². The molecule has 0 spiro atoms. The predicted molar refractivity (Wildman–Crippen MR) is 104 cm³/mol. The van der Waals surface area contributed by atoms with Crippen LogP contribution >= 0.6 is 0 Å². The van der Waals surface area contributed by atoms with Crippen molar-refractivity contribution in [3.8, 4) is 0 Å². The van der Waals surface area contributed by atoms with Crippen LogP contribution in [-0.2, 0) is 21.2 Å². The Balaban J connectivity index is 1.65. The number of hydrogen-bond donors (Lipinski definition) is 2. The van der Waals surface area contributed by atoms with Crippen LogP contribution in [0.2, 0.25) is 0 Å². The first-order chi connectivity index (χ1) is 15.6. The Kier molecular flexibility index (Phi) is 5.91. The van der Waals surface area contributed by atoms with Crippen LogP contribution in [0.3, 0.4) is 0 Å². The number of ether oxygens (including phenoxy) is 2. The molecule has 0 bridgehead atoms. The fraction of sp³-hybridized carbons (Fsp3) is 0.400. The van der Waals surface area contributed by atoms with Crippen LogP contribution in [-0.4, -0.2) is 47.9 Å². The zero-order valence-corrected chi connectivity index (χ0v) is 16.9. The van der Waals surface area contributed by atoms with Gasteiger partial charge in [-0.2, -0.15) is 13.2 Å². The molecule has 13 heteroatoms. The van der Waals surface area contributed by atoms with Crippen molar-refractivity contribution in [1.82, 2.24) is 9.97 Å². The highest BCUT2D eigenvalue weighted by atomic mass is 19.4. The van der Waals surface area contributed by atoms with Gasteiger partial charge in [-0.25, -0.2) is 23.7 Å². The number of aliphatic imine (C=N–C) groups is 1. The molecule has 8 nitrogen and oxygen atoms in total. The van der Waals surface area contributed by atoms with Crippen molar-refractivity contribution in [2.24, 2.45) is 16.6 Å². The predicted octanol–water partition coefficient (Wildman–Crippen LogP) is 2.80. The topological polar surface area (TPSA) is 112 Å². The summed E-state index contributed by atoms with van der Waals surface area (Å²) in [7, 11) is 0. The molecule has 176 valence electrons. The maximum absolute atomic E-state index is 14.9. The summed E-state index contributed by atoms with van der Waals surface area (Å²) in [5.74, 6) is -2.36. The van der Waals surface area contributed by atoms with E-state index in [0.29, 0.717) is 25.4 Å². The van der Waals surface area contributed by atoms with Crippen molar-refractivity contribution < 1.29 is 36.2 Å². The number of aromatic nitrogens is 2. The molecular weight excluding hydrogens is 453 g/mol. The second kappa shape index (κ2) is 8.54. The van der Waals surface area contributed by atoms with Crippen LogP contribution in [0, 0.1) is 11.7 Å². The Morgan fingerprint density at radius 3 is 2.73 bits per heavy atom. The maximum atomic E-state index is 14.9. The number of fused-ring (bicyclic) bond motifs is 1. The molecule has 3 heterocycles. The second-order valence-electron chi connectivity index (χ2n) is 7.57. The first-order valence-electron chi connectivity index (χ1n) is 9.80. The number of anilines is 1. The smallest absolute Gasteiger partial charge is 0.434 e. The van der Waals surface area contributed by atoms with Crippen molar-refractivity contribution >= 4 is 17.6 Å². The normalized spacial score (nSPS) is 24.9. The third-order valence-electron chi connectivity index (χ3n) is 5.56. The van der Waals surface area contributed by atoms with Gasteiger partial charge >= 0.3 is 6.18 Å². The molecule has 2 aromatic rings. The number of nitrogens with zero attached hydrogens (tertiary/aromatic N) is 3. The Bertz CT molecular complexity index is 1080. The lowest BCUT2D eigenvalue weighted by Gasteiger charge is -2.45. The van der Waals surface area contributed by atoms with E-state index in [9.17, 15) is 26.7 Å². The number of amides is 1. The number of carbonyl (C=O) groups is 1. The Morgan fingerprint density at radius 1 is 1.27 bits per heavy atom. The number of halogens is 5. The fourth-order valence-corrected chi connectivity index (χ4v) is 3.95. The summed E-state index contributed by atoms with van der Waals surface area (Å²) < 4.78 is 78.2. The van der Waals surface area contributed by atoms with Crippen molar-refractivity contribution in [3.05, 3.63) is 53.4 Å². The summed E-state index contributed by atoms with van der Waals surface area (Å²) in [6.45, 7) is -0.688. The van der Waals surface area contributed by atoms with Crippen LogP contribution in [0.15, 0.2) is 35.6 Å². The fourth-order valence-electron chi connectivity index (χ4n) is 3.95. The van der Waals surface area contributed by atoms with E-state index >= 15 is 0 Å². The van der Waals surface area contributed by atoms with Crippen LogP contribution in [0.1, 0.15) is 28.2 Å². The summed E-state index contributed by atoms with van der Waals surface area (Å²) in [4.78, 5) is 23.2. The summed E-state index contributed by atoms with van der Waals surface area (Å²) in [5, 5.41) is 2.39. The van der Waals surface area contributed by atoms with Gasteiger partial charge in [0.05, 0.1) is 31.5 Å². The monoisotopic (exact) mass is 471 g/mol. The van der Waals surface area contributed by atoms with E-state index in [2.05, 4.69) is 20.3 Å². The Labute approximate surface area is 184 Å². The Hall–Kier alpha value is -3.35. The molecule has 1 aromatic heterocycles. The first kappa shape index (κ1) is 22.8. The molecule has 1 amide bonds. The van der Waals surface area contributed by atoms with Gasteiger partial charge in [-0.15, -0.1) is 0 Å². The van der Waals surface area contributed by atoms with Gasteiger partial charge in [0.15, 0.2) is 5.69 Å². The highest BCUT2D eigenvalue weighted by Gasteiger charge is 2.52. The van der Waals surface area contributed by atoms with E-state index in [1.807, 2.05) is 0 Å². The lowest BCUT2D eigenvalue weighted by atomic mass is 9.74. The minimum atomic E-state index is -4.71. The number of carbonyl (C=O) groups excluding carboxylic acids is 1. The van der Waals surface area contributed by atoms with Gasteiger partial charge in [-0.05, 0) is 18.2 Å². The lowest BCUT2D eigenvalue weighted by Crippen LogP contribution is -2.54. The maximum Gasteiger partial charge on any atom is 0.434 e. The van der Waals surface area contributed by atoms with E-state index in [4.69, 9.17) is 15.2 Å². The summed E-state index contributed by atoms with van der Waals surface area (Å²) in [6, 6.07) is 3.13. The minimum absolute atomic E-state index is 0.0412. The molecular formula is C20H18F5N5O3. The van der Waals surface area contributed by atoms with Gasteiger partial charge in [0.25, 0.3) is 11.9 Å². The van der Waals surface area contributed by atoms with E-state index in [-0.39, 0.29) is 23.9 Å². The molecule has 1 aromatic carbocycles. The number of rotatable bonds is 4. The molecule has 1 saturated heterocycles. The largest absolute Gasteiger partial charge is 0.462 e. The molecule has 3 atom stereocenters. The van der Waals surface area contributed by atoms with Gasteiger partial charge in [0, 0.05) is 17.7 Å². The molecule has 2 aliphatic rings. The molecule has 33 heavy (non-hydrogen) atoms. The highest BCUT2D eigenvalue weighted by molar-refractivity contribution is 6.02. The Morgan fingerprint density at radius 2 is 2.06 bits per heavy atom. The summed E-state index contributed by atoms with van der Waals surface area (Å²) in [5.41, 5.74) is 2.22. The summed E-state index contributed by atoms with van der Waals surface area (Å²) >= 11 is 0. The van der Waals surface area contributed by atoms with E-state index in [1.165, 1.54) is 12.1 Å². The number of nitrogens with one attached hydrogen (secondary N) is 1. The number of alkyl halides is 4. The van der Waals surface area contributed by atoms with E-state index in [0.717, 1.165) is 6.07 Å². The summed E-state index contributed by atoms with van der Waals surface area (Å²) in [6.07, 6.45) is -3.74. The number of hydrogen-bond acceptors (Lipinski definition) is 7. The molecule has 1 fully saturated rings. The highest BCUT2D eigenvalue weighted by Crippen LogP contribution is 2.44. The molecule has 0 aliphatic carbocycles. The third kappa shape index (κ3) is 4.32. The van der Waals surface area contributed by atoms with Crippen LogP contribution in [0.4, 0.5) is 27.6 Å². The van der Waals surface area contributed by atoms with Gasteiger partial charge in [0.1, 0.15) is 29.8 Å². The third-order valence-corrected chi connectivity index (χ3v) is 5.56. The number of amidine groups is 1. The van der Waals surface area contributed by atoms with Crippen LogP contribution < -0.4 is 11.1 Å². The SMILES string of the molecule is NC1=N[C@](CF)(c2cc(NC(=O)c3cnc(C(F)(F)F)cn3)ccc2F)[C@H]2COCC[C@H]2O1. The number of nitrogens with two attached hydrogens (primary N) is 1. The van der Waals surface area contributed by atoms with Gasteiger partial charge < -0.3 is 20.5 Å². The standard InChI is InChI=1S/C20H18F5N5O3/c21-9-19(12-8-32-4-3-15(12)33-18(26)30-19)11-5-10(1-2-13(11)22)29-17(31)14-6-28-16(7-27-14)20(23,24)25/h1-2,5-7,12,15H,3-4,8-9H2,(H2,26,30)(H,29,31)/t12-,15+,19+/m0/s1. The molecule has 3 N–H and O–H groups in total. The molecule has 0 radical (unpaired) electrons. The van der Waals surface area contributed by atoms with Gasteiger partial charge in [0.2, 0.25) is 0 Å². The average molecular weight is 471 g/mol. The van der Waals surface area contributed by atoms with Crippen molar-refractivity contribution in [3.63, 3.8) is 0 Å². The quantitative estimate of drug-likeness (QED) is 0.664. The first-order valence-corrected chi connectivity index (χ1v) is 9.80. The zero-order valence-electron chi connectivity index (χ0n) is 16.9. The molecule has 0 unspecified atom stereocenters. The van der Waals surface area contributed by atoms with Crippen molar-refractivity contribution in [2.75, 3.05) is 25.2 Å². The lowest BCUT2D eigenvalue weighted by molar-refractivity contribution is -0.141. The average Bonchev–Trinajstić information content (AvgIpc) is 2.79. The molecule has 0 saturated carbocycles. The molecule has 4 rings (SSSR count).